The average Bonchev–Trinajstić information content (AvgIpc) is 3.13. The number of nitrogens with zero attached hydrogens (tertiary/aromatic N) is 4. The minimum Gasteiger partial charge on any atom is -0.356 e. The molecule has 0 amide bonds. The summed E-state index contributed by atoms with van der Waals surface area (Å²) in [7, 11) is 3.86. The van der Waals surface area contributed by atoms with Crippen molar-refractivity contribution in [3.05, 3.63) is 18.0 Å². The number of hydrogen-bond donors (Lipinski definition) is 1. The second kappa shape index (κ2) is 7.48. The summed E-state index contributed by atoms with van der Waals surface area (Å²) in [6, 6.07) is 0. The molecule has 0 bridgehead atoms. The van der Waals surface area contributed by atoms with Gasteiger partial charge in [0.15, 0.2) is 5.96 Å². The van der Waals surface area contributed by atoms with Crippen molar-refractivity contribution in [1.29, 1.82) is 0 Å². The van der Waals surface area contributed by atoms with Crippen molar-refractivity contribution in [2.45, 2.75) is 39.0 Å². The number of nitrogens with one attached hydrogen (secondary N) is 1. The van der Waals surface area contributed by atoms with Crippen LogP contribution < -0.4 is 5.32 Å². The van der Waals surface area contributed by atoms with Gasteiger partial charge < -0.3 is 10.2 Å². The van der Waals surface area contributed by atoms with Crippen LogP contribution in [0.25, 0.3) is 0 Å². The van der Waals surface area contributed by atoms with E-state index in [9.17, 15) is 0 Å². The summed E-state index contributed by atoms with van der Waals surface area (Å²) in [5.41, 5.74) is 1.34. The van der Waals surface area contributed by atoms with E-state index in [0.717, 1.165) is 31.5 Å². The van der Waals surface area contributed by atoms with Gasteiger partial charge in [-0.25, -0.2) is 0 Å². The summed E-state index contributed by atoms with van der Waals surface area (Å²) in [6.07, 6.45) is 7.75. The van der Waals surface area contributed by atoms with Crippen LogP contribution in [0, 0.1) is 5.92 Å². The highest BCUT2D eigenvalue weighted by atomic mass is 15.3. The Morgan fingerprint density at radius 1 is 1.48 bits per heavy atom. The maximum absolute atomic E-state index is 4.45. The minimum absolute atomic E-state index is 0.574. The lowest BCUT2D eigenvalue weighted by Crippen LogP contribution is -2.41. The molecule has 1 fully saturated rings. The van der Waals surface area contributed by atoms with Crippen LogP contribution in [-0.4, -0.2) is 47.3 Å². The second-order valence-corrected chi connectivity index (χ2v) is 5.99. The Morgan fingerprint density at radius 2 is 2.24 bits per heavy atom. The van der Waals surface area contributed by atoms with Gasteiger partial charge in [0, 0.05) is 45.8 Å². The molecule has 2 heterocycles. The van der Waals surface area contributed by atoms with E-state index in [-0.39, 0.29) is 0 Å². The predicted octanol–water partition coefficient (Wildman–Crippen LogP) is 2.22. The number of guanidine groups is 1. The zero-order chi connectivity index (χ0) is 15.2. The molecule has 1 aliphatic rings. The molecule has 0 spiro atoms. The highest BCUT2D eigenvalue weighted by Crippen LogP contribution is 2.26. The summed E-state index contributed by atoms with van der Waals surface area (Å²) >= 11 is 0. The van der Waals surface area contributed by atoms with E-state index in [0.29, 0.717) is 5.92 Å². The van der Waals surface area contributed by atoms with Gasteiger partial charge in [-0.3, -0.25) is 9.67 Å². The van der Waals surface area contributed by atoms with Crippen LogP contribution in [-0.2, 0) is 7.05 Å². The van der Waals surface area contributed by atoms with E-state index in [2.05, 4.69) is 40.4 Å². The number of aromatic nitrogens is 2. The van der Waals surface area contributed by atoms with Gasteiger partial charge in [-0.05, 0) is 17.9 Å². The molecule has 118 valence electrons. The van der Waals surface area contributed by atoms with E-state index in [1.54, 1.807) is 0 Å². The third-order valence-electron chi connectivity index (χ3n) is 4.60. The van der Waals surface area contributed by atoms with Crippen molar-refractivity contribution in [3.8, 4) is 0 Å². The Labute approximate surface area is 128 Å². The molecule has 0 saturated carbocycles. The first-order valence-corrected chi connectivity index (χ1v) is 8.12. The molecule has 1 unspecified atom stereocenters. The number of likely N-dealkylation sites (tertiary alicyclic amines) is 1. The molecule has 1 N–H and O–H groups in total. The molecule has 5 nitrogen and oxygen atoms in total. The Balaban J connectivity index is 1.89. The summed E-state index contributed by atoms with van der Waals surface area (Å²) in [6.45, 7) is 7.64. The Hall–Kier alpha value is -1.52. The zero-order valence-corrected chi connectivity index (χ0v) is 13.8. The standard InChI is InChI=1S/C16H29N5/c1-5-13(6-2)9-18-16(17-3)21-8-7-14(12-21)15-10-19-20(4)11-15/h10-11,13-14H,5-9,12H2,1-4H3,(H,17,18). The lowest BCUT2D eigenvalue weighted by molar-refractivity contribution is 0.445. The second-order valence-electron chi connectivity index (χ2n) is 5.99. The molecular formula is C16H29N5. The predicted molar refractivity (Wildman–Crippen MR) is 87.6 cm³/mol. The largest absolute Gasteiger partial charge is 0.356 e. The third-order valence-corrected chi connectivity index (χ3v) is 4.60. The molecule has 0 aromatic carbocycles. The van der Waals surface area contributed by atoms with Crippen LogP contribution in [0.3, 0.4) is 0 Å². The van der Waals surface area contributed by atoms with Crippen LogP contribution in [0.1, 0.15) is 44.6 Å². The normalized spacial score (nSPS) is 19.6. The highest BCUT2D eigenvalue weighted by molar-refractivity contribution is 5.80. The quantitative estimate of drug-likeness (QED) is 0.668. The Kier molecular flexibility index (Phi) is 5.65. The lowest BCUT2D eigenvalue weighted by Gasteiger charge is -2.23. The molecule has 1 atom stereocenters. The van der Waals surface area contributed by atoms with Gasteiger partial charge in [0.1, 0.15) is 0 Å². The molecule has 5 heteroatoms. The number of rotatable bonds is 5. The minimum atomic E-state index is 0.574. The summed E-state index contributed by atoms with van der Waals surface area (Å²) in [5.74, 6) is 2.36. The molecule has 0 radical (unpaired) electrons. The van der Waals surface area contributed by atoms with Gasteiger partial charge >= 0.3 is 0 Å². The molecule has 1 aliphatic heterocycles. The number of aliphatic imine (C=N–C) groups is 1. The molecular weight excluding hydrogens is 262 g/mol. The van der Waals surface area contributed by atoms with Gasteiger partial charge in [-0.15, -0.1) is 0 Å². The topological polar surface area (TPSA) is 45.5 Å². The Bertz CT molecular complexity index is 461. The van der Waals surface area contributed by atoms with Gasteiger partial charge in [0.05, 0.1) is 6.20 Å². The summed E-state index contributed by atoms with van der Waals surface area (Å²) in [4.78, 5) is 6.83. The van der Waals surface area contributed by atoms with E-state index in [1.165, 1.54) is 24.8 Å². The van der Waals surface area contributed by atoms with Crippen LogP contribution in [0.4, 0.5) is 0 Å². The SMILES string of the molecule is CCC(CC)CNC(=NC)N1CCC(c2cnn(C)c2)C1. The van der Waals surface area contributed by atoms with Crippen LogP contribution >= 0.6 is 0 Å². The fourth-order valence-corrected chi connectivity index (χ4v) is 3.02. The van der Waals surface area contributed by atoms with Crippen LogP contribution in [0.2, 0.25) is 0 Å². The van der Waals surface area contributed by atoms with Gasteiger partial charge in [-0.2, -0.15) is 5.10 Å². The lowest BCUT2D eigenvalue weighted by atomic mass is 10.0. The number of hydrogen-bond acceptors (Lipinski definition) is 2. The summed E-state index contributed by atoms with van der Waals surface area (Å²) in [5, 5.41) is 7.83. The van der Waals surface area contributed by atoms with E-state index >= 15 is 0 Å². The van der Waals surface area contributed by atoms with Crippen molar-refractivity contribution < 1.29 is 0 Å². The first-order chi connectivity index (χ1) is 10.2. The van der Waals surface area contributed by atoms with Gasteiger partial charge in [0.25, 0.3) is 0 Å². The van der Waals surface area contributed by atoms with Crippen molar-refractivity contribution in [2.24, 2.45) is 18.0 Å². The van der Waals surface area contributed by atoms with Crippen LogP contribution in [0.5, 0.6) is 0 Å². The zero-order valence-electron chi connectivity index (χ0n) is 13.8. The Morgan fingerprint density at radius 3 is 2.81 bits per heavy atom. The van der Waals surface area contributed by atoms with E-state index in [1.807, 2.05) is 25.0 Å². The molecule has 1 saturated heterocycles. The van der Waals surface area contributed by atoms with E-state index < -0.39 is 0 Å². The van der Waals surface area contributed by atoms with Crippen molar-refractivity contribution in [1.82, 2.24) is 20.0 Å². The molecule has 0 aliphatic carbocycles. The van der Waals surface area contributed by atoms with Gasteiger partial charge in [0.2, 0.25) is 0 Å². The maximum atomic E-state index is 4.45. The van der Waals surface area contributed by atoms with Crippen LogP contribution in [0.15, 0.2) is 17.4 Å². The number of aryl methyl sites for hydroxylation is 1. The smallest absolute Gasteiger partial charge is 0.193 e. The maximum Gasteiger partial charge on any atom is 0.193 e. The van der Waals surface area contributed by atoms with Crippen molar-refractivity contribution in [3.63, 3.8) is 0 Å². The monoisotopic (exact) mass is 291 g/mol. The van der Waals surface area contributed by atoms with E-state index in [4.69, 9.17) is 0 Å². The molecule has 1 aromatic rings. The van der Waals surface area contributed by atoms with Crippen molar-refractivity contribution in [2.75, 3.05) is 26.7 Å². The molecule has 2 rings (SSSR count). The average molecular weight is 291 g/mol. The highest BCUT2D eigenvalue weighted by Gasteiger charge is 2.26. The first kappa shape index (κ1) is 15.9. The fraction of sp³-hybridized carbons (Fsp3) is 0.750. The summed E-state index contributed by atoms with van der Waals surface area (Å²) < 4.78 is 1.89. The van der Waals surface area contributed by atoms with Gasteiger partial charge in [-0.1, -0.05) is 26.7 Å². The first-order valence-electron chi connectivity index (χ1n) is 8.12. The van der Waals surface area contributed by atoms with Crippen molar-refractivity contribution >= 4 is 5.96 Å². The molecule has 1 aromatic heterocycles. The molecule has 21 heavy (non-hydrogen) atoms. The fourth-order valence-electron chi connectivity index (χ4n) is 3.02. The third kappa shape index (κ3) is 3.99.